The molecule has 0 saturated carbocycles. The predicted molar refractivity (Wildman–Crippen MR) is 67.7 cm³/mol. The molecule has 0 bridgehead atoms. The van der Waals surface area contributed by atoms with E-state index in [9.17, 15) is 4.79 Å². The zero-order chi connectivity index (χ0) is 12.1. The van der Waals surface area contributed by atoms with E-state index in [1.165, 1.54) is 0 Å². The summed E-state index contributed by atoms with van der Waals surface area (Å²) in [6.45, 7) is 3.13. The van der Waals surface area contributed by atoms with E-state index >= 15 is 0 Å². The molecule has 0 spiro atoms. The molecule has 88 valence electrons. The summed E-state index contributed by atoms with van der Waals surface area (Å²) < 4.78 is 5.78. The van der Waals surface area contributed by atoms with E-state index in [0.717, 1.165) is 10.0 Å². The lowest BCUT2D eigenvalue weighted by Gasteiger charge is -2.17. The van der Waals surface area contributed by atoms with Gasteiger partial charge in [-0.1, -0.05) is 6.07 Å². The number of amides is 1. The molecule has 0 atom stereocenters. The summed E-state index contributed by atoms with van der Waals surface area (Å²) in [5.74, 6) is 0.00363. The number of rotatable bonds is 4. The lowest BCUT2D eigenvalue weighted by Crippen LogP contribution is -2.30. The highest BCUT2D eigenvalue weighted by Crippen LogP contribution is 2.19. The first-order chi connectivity index (χ1) is 7.56. The summed E-state index contributed by atoms with van der Waals surface area (Å²) in [5, 5.41) is 0. The molecule has 0 unspecified atom stereocenters. The Morgan fingerprint density at radius 3 is 2.75 bits per heavy atom. The van der Waals surface area contributed by atoms with E-state index in [4.69, 9.17) is 4.74 Å². The van der Waals surface area contributed by atoms with Crippen LogP contribution in [0.5, 0.6) is 0 Å². The van der Waals surface area contributed by atoms with Gasteiger partial charge in [-0.05, 0) is 40.5 Å². The minimum absolute atomic E-state index is 0.00363. The van der Waals surface area contributed by atoms with Crippen LogP contribution in [0.15, 0.2) is 22.7 Å². The number of carbonyl (C=O) groups excluding carboxylic acids is 1. The molecule has 0 aliphatic rings. The van der Waals surface area contributed by atoms with Crippen LogP contribution in [-0.2, 0) is 4.74 Å². The molecule has 3 nitrogen and oxygen atoms in total. The first kappa shape index (κ1) is 13.2. The number of nitrogens with zero attached hydrogens (tertiary/aromatic N) is 1. The summed E-state index contributed by atoms with van der Waals surface area (Å²) in [6, 6.07) is 5.71. The quantitative estimate of drug-likeness (QED) is 0.851. The Morgan fingerprint density at radius 1 is 1.50 bits per heavy atom. The molecule has 0 radical (unpaired) electrons. The Hall–Kier alpha value is -0.870. The van der Waals surface area contributed by atoms with Gasteiger partial charge in [0, 0.05) is 25.2 Å². The topological polar surface area (TPSA) is 29.5 Å². The Morgan fingerprint density at radius 2 is 2.19 bits per heavy atom. The fourth-order valence-corrected chi connectivity index (χ4v) is 1.99. The van der Waals surface area contributed by atoms with Crippen molar-refractivity contribution in [1.82, 2.24) is 4.90 Å². The van der Waals surface area contributed by atoms with E-state index in [-0.39, 0.29) is 5.91 Å². The largest absolute Gasteiger partial charge is 0.383 e. The summed E-state index contributed by atoms with van der Waals surface area (Å²) in [4.78, 5) is 13.7. The zero-order valence-corrected chi connectivity index (χ0v) is 11.4. The van der Waals surface area contributed by atoms with E-state index in [0.29, 0.717) is 18.7 Å². The zero-order valence-electron chi connectivity index (χ0n) is 9.79. The highest BCUT2D eigenvalue weighted by atomic mass is 79.9. The molecule has 1 aromatic rings. The third-order valence-electron chi connectivity index (χ3n) is 2.33. The van der Waals surface area contributed by atoms with Gasteiger partial charge in [-0.3, -0.25) is 4.79 Å². The summed E-state index contributed by atoms with van der Waals surface area (Å²) in [6.07, 6.45) is 0. The molecule has 0 heterocycles. The van der Waals surface area contributed by atoms with Crippen molar-refractivity contribution in [2.24, 2.45) is 0 Å². The van der Waals surface area contributed by atoms with Crippen molar-refractivity contribution >= 4 is 21.8 Å². The molecule has 16 heavy (non-hydrogen) atoms. The number of likely N-dealkylation sites (N-methyl/N-ethyl adjacent to an activating group) is 1. The molecule has 0 aromatic heterocycles. The van der Waals surface area contributed by atoms with Gasteiger partial charge >= 0.3 is 0 Å². The fraction of sp³-hybridized carbons (Fsp3) is 0.417. The van der Waals surface area contributed by atoms with Gasteiger partial charge in [0.1, 0.15) is 0 Å². The van der Waals surface area contributed by atoms with E-state index in [2.05, 4.69) is 15.9 Å². The van der Waals surface area contributed by atoms with Crippen LogP contribution in [0.3, 0.4) is 0 Å². The molecule has 1 rings (SSSR count). The van der Waals surface area contributed by atoms with Crippen molar-refractivity contribution in [1.29, 1.82) is 0 Å². The van der Waals surface area contributed by atoms with Gasteiger partial charge in [-0.15, -0.1) is 0 Å². The Labute approximate surface area is 105 Å². The number of ether oxygens (including phenoxy) is 1. The minimum atomic E-state index is 0.00363. The minimum Gasteiger partial charge on any atom is -0.383 e. The first-order valence-electron chi connectivity index (χ1n) is 5.07. The van der Waals surface area contributed by atoms with Crippen molar-refractivity contribution in [2.45, 2.75) is 6.92 Å². The maximum absolute atomic E-state index is 12.0. The summed E-state index contributed by atoms with van der Waals surface area (Å²) in [7, 11) is 3.40. The number of aryl methyl sites for hydroxylation is 1. The third-order valence-corrected chi connectivity index (χ3v) is 2.99. The van der Waals surface area contributed by atoms with Crippen LogP contribution in [0.1, 0.15) is 15.9 Å². The van der Waals surface area contributed by atoms with Gasteiger partial charge in [-0.2, -0.15) is 0 Å². The number of carbonyl (C=O) groups is 1. The van der Waals surface area contributed by atoms with Crippen LogP contribution in [0.2, 0.25) is 0 Å². The van der Waals surface area contributed by atoms with E-state index < -0.39 is 0 Å². The van der Waals surface area contributed by atoms with Gasteiger partial charge < -0.3 is 9.64 Å². The van der Waals surface area contributed by atoms with E-state index in [1.807, 2.05) is 25.1 Å². The fourth-order valence-electron chi connectivity index (χ4n) is 1.33. The van der Waals surface area contributed by atoms with E-state index in [1.54, 1.807) is 19.1 Å². The van der Waals surface area contributed by atoms with Crippen LogP contribution in [0.25, 0.3) is 0 Å². The second-order valence-electron chi connectivity index (χ2n) is 3.70. The number of benzene rings is 1. The molecule has 0 N–H and O–H groups in total. The number of hydrogen-bond acceptors (Lipinski definition) is 2. The van der Waals surface area contributed by atoms with Crippen molar-refractivity contribution in [3.8, 4) is 0 Å². The monoisotopic (exact) mass is 285 g/mol. The number of methoxy groups -OCH3 is 1. The Bertz CT molecular complexity index is 379. The second kappa shape index (κ2) is 6.01. The average Bonchev–Trinajstić information content (AvgIpc) is 2.25. The Balaban J connectivity index is 2.79. The molecule has 0 aliphatic carbocycles. The van der Waals surface area contributed by atoms with Crippen LogP contribution in [-0.4, -0.2) is 38.1 Å². The number of hydrogen-bond donors (Lipinski definition) is 0. The van der Waals surface area contributed by atoms with Gasteiger partial charge in [0.25, 0.3) is 5.91 Å². The van der Waals surface area contributed by atoms with Crippen molar-refractivity contribution in [3.05, 3.63) is 33.8 Å². The third kappa shape index (κ3) is 3.32. The SMILES string of the molecule is COCCN(C)C(=O)c1ccc(C)cc1Br. The maximum atomic E-state index is 12.0. The summed E-state index contributed by atoms with van der Waals surface area (Å²) >= 11 is 3.41. The molecule has 1 amide bonds. The smallest absolute Gasteiger partial charge is 0.254 e. The average molecular weight is 286 g/mol. The van der Waals surface area contributed by atoms with Crippen molar-refractivity contribution in [2.75, 3.05) is 27.3 Å². The standard InChI is InChI=1S/C12H16BrNO2/c1-9-4-5-10(11(13)8-9)12(15)14(2)6-7-16-3/h4-5,8H,6-7H2,1-3H3. The van der Waals surface area contributed by atoms with Crippen molar-refractivity contribution in [3.63, 3.8) is 0 Å². The van der Waals surface area contributed by atoms with Crippen molar-refractivity contribution < 1.29 is 9.53 Å². The molecule has 0 fully saturated rings. The Kier molecular flexibility index (Phi) is 4.96. The maximum Gasteiger partial charge on any atom is 0.254 e. The van der Waals surface area contributed by atoms with Gasteiger partial charge in [0.15, 0.2) is 0 Å². The second-order valence-corrected chi connectivity index (χ2v) is 4.56. The molecule has 1 aromatic carbocycles. The molecule has 4 heteroatoms. The first-order valence-corrected chi connectivity index (χ1v) is 5.86. The van der Waals surface area contributed by atoms with Gasteiger partial charge in [-0.25, -0.2) is 0 Å². The predicted octanol–water partition coefficient (Wildman–Crippen LogP) is 2.48. The highest BCUT2D eigenvalue weighted by molar-refractivity contribution is 9.10. The molecule has 0 saturated heterocycles. The van der Waals surface area contributed by atoms with Crippen LogP contribution < -0.4 is 0 Å². The lowest BCUT2D eigenvalue weighted by atomic mass is 10.1. The van der Waals surface area contributed by atoms with Crippen LogP contribution in [0, 0.1) is 6.92 Å². The normalized spacial score (nSPS) is 10.2. The van der Waals surface area contributed by atoms with Gasteiger partial charge in [0.2, 0.25) is 0 Å². The highest BCUT2D eigenvalue weighted by Gasteiger charge is 2.14. The van der Waals surface area contributed by atoms with Crippen LogP contribution in [0.4, 0.5) is 0 Å². The van der Waals surface area contributed by atoms with Crippen LogP contribution >= 0.6 is 15.9 Å². The van der Waals surface area contributed by atoms with Gasteiger partial charge in [0.05, 0.1) is 12.2 Å². The molecular weight excluding hydrogens is 270 g/mol. The molecular formula is C12H16BrNO2. The molecule has 0 aliphatic heterocycles. The lowest BCUT2D eigenvalue weighted by molar-refractivity contribution is 0.0743. The summed E-state index contributed by atoms with van der Waals surface area (Å²) in [5.41, 5.74) is 1.81. The number of halogens is 1.